The van der Waals surface area contributed by atoms with Crippen LogP contribution in [-0.4, -0.2) is 25.3 Å². The highest BCUT2D eigenvalue weighted by Crippen LogP contribution is 2.33. The van der Waals surface area contributed by atoms with Crippen molar-refractivity contribution in [1.29, 1.82) is 0 Å². The van der Waals surface area contributed by atoms with Crippen LogP contribution in [0.4, 0.5) is 0 Å². The molecule has 7 heteroatoms. The van der Waals surface area contributed by atoms with Crippen molar-refractivity contribution in [3.05, 3.63) is 16.5 Å². The Balaban J connectivity index is 2.38. The van der Waals surface area contributed by atoms with Crippen LogP contribution in [0.2, 0.25) is 0 Å². The maximum atomic E-state index is 12.5. The van der Waals surface area contributed by atoms with Crippen LogP contribution in [0.1, 0.15) is 31.9 Å². The number of hydrogen-bond donors (Lipinski definition) is 0. The summed E-state index contributed by atoms with van der Waals surface area (Å²) in [5.74, 6) is 0.611. The van der Waals surface area contributed by atoms with Crippen molar-refractivity contribution in [1.82, 2.24) is 4.31 Å². The molecule has 0 N–H and O–H groups in total. The number of sulfonamides is 1. The minimum absolute atomic E-state index is 0.0938. The lowest BCUT2D eigenvalue weighted by atomic mass is 10.2. The van der Waals surface area contributed by atoms with Gasteiger partial charge in [0.15, 0.2) is 4.67 Å². The third-order valence-electron chi connectivity index (χ3n) is 3.22. The fourth-order valence-corrected chi connectivity index (χ4v) is 5.16. The maximum absolute atomic E-state index is 12.5. The summed E-state index contributed by atoms with van der Waals surface area (Å²) in [7, 11) is -3.49. The molecule has 18 heavy (non-hydrogen) atoms. The second-order valence-corrected chi connectivity index (χ2v) is 7.15. The number of halogens is 2. The number of rotatable bonds is 4. The zero-order chi connectivity index (χ0) is 13.3. The second kappa shape index (κ2) is 5.53. The van der Waals surface area contributed by atoms with Gasteiger partial charge in [0.25, 0.3) is 0 Å². The highest BCUT2D eigenvalue weighted by molar-refractivity contribution is 9.10. The summed E-state index contributed by atoms with van der Waals surface area (Å²) in [6, 6.07) is 1.59. The molecule has 1 fully saturated rings. The molecule has 4 nitrogen and oxygen atoms in total. The molecule has 2 heterocycles. The Kier molecular flexibility index (Phi) is 4.41. The van der Waals surface area contributed by atoms with E-state index < -0.39 is 10.0 Å². The Morgan fingerprint density at radius 1 is 1.61 bits per heavy atom. The van der Waals surface area contributed by atoms with Gasteiger partial charge in [-0.2, -0.15) is 4.31 Å². The Bertz CT molecular complexity index is 528. The van der Waals surface area contributed by atoms with Crippen molar-refractivity contribution in [2.75, 3.05) is 6.54 Å². The van der Waals surface area contributed by atoms with Crippen molar-refractivity contribution < 1.29 is 12.8 Å². The third-order valence-corrected chi connectivity index (χ3v) is 6.29. The first kappa shape index (κ1) is 14.4. The summed E-state index contributed by atoms with van der Waals surface area (Å²) in [6.07, 6.45) is 2.67. The zero-order valence-electron chi connectivity index (χ0n) is 10.0. The van der Waals surface area contributed by atoms with Gasteiger partial charge < -0.3 is 4.42 Å². The van der Waals surface area contributed by atoms with Crippen LogP contribution in [0, 0.1) is 0 Å². The van der Waals surface area contributed by atoms with E-state index in [1.165, 1.54) is 6.07 Å². The predicted octanol–water partition coefficient (Wildman–Crippen LogP) is 3.34. The van der Waals surface area contributed by atoms with Crippen LogP contribution in [0.3, 0.4) is 0 Å². The lowest BCUT2D eigenvalue weighted by Gasteiger charge is -2.22. The van der Waals surface area contributed by atoms with Gasteiger partial charge in [-0.25, -0.2) is 8.42 Å². The van der Waals surface area contributed by atoms with E-state index in [0.717, 1.165) is 19.3 Å². The molecule has 2 rings (SSSR count). The van der Waals surface area contributed by atoms with E-state index in [0.29, 0.717) is 12.3 Å². The molecular formula is C11H15BrClNO3S. The lowest BCUT2D eigenvalue weighted by molar-refractivity contribution is 0.378. The van der Waals surface area contributed by atoms with Gasteiger partial charge in [-0.1, -0.05) is 6.92 Å². The molecule has 1 saturated heterocycles. The summed E-state index contributed by atoms with van der Waals surface area (Å²) >= 11 is 8.81. The monoisotopic (exact) mass is 355 g/mol. The molecule has 1 aromatic rings. The number of alkyl halides is 1. The van der Waals surface area contributed by atoms with Crippen LogP contribution in [0.5, 0.6) is 0 Å². The topological polar surface area (TPSA) is 50.5 Å². The molecule has 1 atom stereocenters. The van der Waals surface area contributed by atoms with Gasteiger partial charge in [0.05, 0.1) is 5.88 Å². The third kappa shape index (κ3) is 2.48. The average molecular weight is 357 g/mol. The SMILES string of the molecule is CCC1CCCN1S(=O)(=O)c1cc(CCl)oc1Br. The fourth-order valence-electron chi connectivity index (χ4n) is 2.30. The van der Waals surface area contributed by atoms with Gasteiger partial charge in [-0.05, 0) is 35.2 Å². The van der Waals surface area contributed by atoms with Crippen molar-refractivity contribution in [2.45, 2.75) is 43.0 Å². The molecule has 0 saturated carbocycles. The Morgan fingerprint density at radius 3 is 2.89 bits per heavy atom. The van der Waals surface area contributed by atoms with Crippen LogP contribution in [-0.2, 0) is 15.9 Å². The van der Waals surface area contributed by atoms with Crippen LogP contribution < -0.4 is 0 Å². The Labute approximate surface area is 120 Å². The highest BCUT2D eigenvalue weighted by atomic mass is 79.9. The first-order valence-corrected chi connectivity index (χ1v) is 8.63. The molecule has 102 valence electrons. The average Bonchev–Trinajstić information content (AvgIpc) is 2.94. The van der Waals surface area contributed by atoms with E-state index in [-0.39, 0.29) is 21.5 Å². The molecule has 0 spiro atoms. The predicted molar refractivity (Wildman–Crippen MR) is 73.2 cm³/mol. The van der Waals surface area contributed by atoms with Gasteiger partial charge in [0.2, 0.25) is 10.0 Å². The molecular weight excluding hydrogens is 342 g/mol. The minimum Gasteiger partial charge on any atom is -0.452 e. The van der Waals surface area contributed by atoms with Gasteiger partial charge in [0.1, 0.15) is 10.7 Å². The van der Waals surface area contributed by atoms with Crippen LogP contribution in [0.25, 0.3) is 0 Å². The second-order valence-electron chi connectivity index (χ2n) is 4.30. The van der Waals surface area contributed by atoms with Gasteiger partial charge in [0, 0.05) is 18.7 Å². The standard InChI is InChI=1S/C11H15BrClNO3S/c1-2-8-4-3-5-14(8)18(15,16)10-6-9(7-13)17-11(10)12/h6,8H,2-5,7H2,1H3. The Morgan fingerprint density at radius 2 is 2.33 bits per heavy atom. The fraction of sp³-hybridized carbons (Fsp3) is 0.636. The first-order valence-electron chi connectivity index (χ1n) is 5.86. The van der Waals surface area contributed by atoms with Crippen molar-refractivity contribution in [2.24, 2.45) is 0 Å². The first-order chi connectivity index (χ1) is 8.50. The largest absolute Gasteiger partial charge is 0.452 e. The molecule has 0 bridgehead atoms. The molecule has 1 aromatic heterocycles. The summed E-state index contributed by atoms with van der Waals surface area (Å²) in [4.78, 5) is 0.179. The van der Waals surface area contributed by atoms with E-state index in [1.807, 2.05) is 6.92 Å². The number of furan rings is 1. The van der Waals surface area contributed by atoms with Crippen LogP contribution >= 0.6 is 27.5 Å². The maximum Gasteiger partial charge on any atom is 0.247 e. The highest BCUT2D eigenvalue weighted by Gasteiger charge is 2.36. The summed E-state index contributed by atoms with van der Waals surface area (Å²) < 4.78 is 32.2. The molecule has 1 aliphatic heterocycles. The van der Waals surface area contributed by atoms with Crippen molar-refractivity contribution in [3.8, 4) is 0 Å². The molecule has 0 aliphatic carbocycles. The quantitative estimate of drug-likeness (QED) is 0.777. The van der Waals surface area contributed by atoms with E-state index >= 15 is 0 Å². The smallest absolute Gasteiger partial charge is 0.247 e. The molecule has 1 aliphatic rings. The normalized spacial score (nSPS) is 21.6. The van der Waals surface area contributed by atoms with E-state index in [4.69, 9.17) is 16.0 Å². The van der Waals surface area contributed by atoms with E-state index in [1.54, 1.807) is 4.31 Å². The Hall–Kier alpha value is -0.0400. The minimum atomic E-state index is -3.49. The zero-order valence-corrected chi connectivity index (χ0v) is 13.2. The lowest BCUT2D eigenvalue weighted by Crippen LogP contribution is -2.35. The summed E-state index contributed by atoms with van der Waals surface area (Å²) in [5.41, 5.74) is 0. The van der Waals surface area contributed by atoms with Crippen molar-refractivity contribution in [3.63, 3.8) is 0 Å². The molecule has 0 aromatic carbocycles. The van der Waals surface area contributed by atoms with Gasteiger partial charge in [-0.3, -0.25) is 0 Å². The van der Waals surface area contributed by atoms with Gasteiger partial charge in [-0.15, -0.1) is 11.6 Å². The number of hydrogen-bond acceptors (Lipinski definition) is 3. The van der Waals surface area contributed by atoms with E-state index in [2.05, 4.69) is 15.9 Å². The molecule has 1 unspecified atom stereocenters. The molecule has 0 radical (unpaired) electrons. The van der Waals surface area contributed by atoms with Crippen molar-refractivity contribution >= 4 is 37.6 Å². The summed E-state index contributed by atoms with van der Waals surface area (Å²) in [6.45, 7) is 2.59. The van der Waals surface area contributed by atoms with E-state index in [9.17, 15) is 8.42 Å². The number of nitrogens with zero attached hydrogens (tertiary/aromatic N) is 1. The summed E-state index contributed by atoms with van der Waals surface area (Å²) in [5, 5.41) is 0. The van der Waals surface area contributed by atoms with Gasteiger partial charge >= 0.3 is 0 Å². The molecule has 0 amide bonds. The van der Waals surface area contributed by atoms with Crippen LogP contribution in [0.15, 0.2) is 20.0 Å².